The lowest BCUT2D eigenvalue weighted by Crippen LogP contribution is -2.28. The van der Waals surface area contributed by atoms with Crippen LogP contribution < -0.4 is 10.6 Å². The summed E-state index contributed by atoms with van der Waals surface area (Å²) in [6.07, 6.45) is 5.01. The normalized spacial score (nSPS) is 9.16. The Morgan fingerprint density at radius 2 is 2.26 bits per heavy atom. The Balaban J connectivity index is 2.79. The molecule has 0 aliphatic heterocycles. The van der Waals surface area contributed by atoms with Crippen molar-refractivity contribution in [2.45, 2.75) is 0 Å². The third-order valence-corrected chi connectivity index (χ3v) is 2.12. The Morgan fingerprint density at radius 1 is 1.53 bits per heavy atom. The number of benzene rings is 1. The molecule has 0 atom stereocenters. The minimum Gasteiger partial charge on any atom is -0.324 e. The van der Waals surface area contributed by atoms with Gasteiger partial charge in [-0.3, -0.25) is 20.2 Å². The molecule has 0 unspecified atom stereocenters. The molecule has 1 aromatic carbocycles. The molecule has 2 N–H and O–H groups in total. The summed E-state index contributed by atoms with van der Waals surface area (Å²) in [4.78, 5) is 21.4. The van der Waals surface area contributed by atoms with Crippen molar-refractivity contribution in [3.05, 3.63) is 33.9 Å². The fourth-order valence-corrected chi connectivity index (χ4v) is 1.29. The van der Waals surface area contributed by atoms with Gasteiger partial charge in [0.15, 0.2) is 0 Å². The first-order chi connectivity index (χ1) is 9.08. The first-order valence-electron chi connectivity index (χ1n) is 5.21. The standard InChI is InChI=1S/C12H10N4O3/c1-2-5-14-8-12(17)15-11-4-3-10(16(18)19)6-9(11)7-13/h1,3-4,6,14H,5,8H2,(H,15,17). The van der Waals surface area contributed by atoms with Gasteiger partial charge in [-0.15, -0.1) is 6.42 Å². The molecule has 0 heterocycles. The van der Waals surface area contributed by atoms with Gasteiger partial charge in [0.05, 0.1) is 29.3 Å². The van der Waals surface area contributed by atoms with Gasteiger partial charge >= 0.3 is 0 Å². The van der Waals surface area contributed by atoms with Gasteiger partial charge in [-0.05, 0) is 6.07 Å². The highest BCUT2D eigenvalue weighted by molar-refractivity contribution is 5.93. The molecule has 7 nitrogen and oxygen atoms in total. The molecule has 0 aromatic heterocycles. The van der Waals surface area contributed by atoms with Crippen molar-refractivity contribution in [1.82, 2.24) is 5.32 Å². The summed E-state index contributed by atoms with van der Waals surface area (Å²) in [6, 6.07) is 5.42. The van der Waals surface area contributed by atoms with Crippen molar-refractivity contribution in [3.8, 4) is 18.4 Å². The molecular weight excluding hydrogens is 248 g/mol. The molecular formula is C12H10N4O3. The van der Waals surface area contributed by atoms with Gasteiger partial charge in [0, 0.05) is 12.1 Å². The van der Waals surface area contributed by atoms with Crippen LogP contribution in [0.3, 0.4) is 0 Å². The number of non-ortho nitro benzene ring substituents is 1. The molecule has 1 aromatic rings. The zero-order chi connectivity index (χ0) is 14.3. The number of rotatable bonds is 5. The third-order valence-electron chi connectivity index (χ3n) is 2.12. The Kier molecular flexibility index (Phi) is 5.03. The summed E-state index contributed by atoms with van der Waals surface area (Å²) >= 11 is 0. The van der Waals surface area contributed by atoms with E-state index < -0.39 is 4.92 Å². The Hall–Kier alpha value is -2.90. The summed E-state index contributed by atoms with van der Waals surface area (Å²) in [6.45, 7) is 0.241. The van der Waals surface area contributed by atoms with Crippen molar-refractivity contribution in [2.75, 3.05) is 18.4 Å². The van der Waals surface area contributed by atoms with Crippen LogP contribution in [0.1, 0.15) is 5.56 Å². The fraction of sp³-hybridized carbons (Fsp3) is 0.167. The van der Waals surface area contributed by atoms with Crippen LogP contribution in [0.5, 0.6) is 0 Å². The van der Waals surface area contributed by atoms with E-state index in [1.807, 2.05) is 0 Å². The van der Waals surface area contributed by atoms with Crippen molar-refractivity contribution >= 4 is 17.3 Å². The molecule has 0 aliphatic carbocycles. The predicted octanol–water partition coefficient (Wildman–Crippen LogP) is 0.628. The van der Waals surface area contributed by atoms with Crippen molar-refractivity contribution in [3.63, 3.8) is 0 Å². The monoisotopic (exact) mass is 258 g/mol. The molecule has 96 valence electrons. The number of carbonyl (C=O) groups excluding carboxylic acids is 1. The highest BCUT2D eigenvalue weighted by Gasteiger charge is 2.12. The van der Waals surface area contributed by atoms with Crippen LogP contribution in [0.25, 0.3) is 0 Å². The Morgan fingerprint density at radius 3 is 2.84 bits per heavy atom. The van der Waals surface area contributed by atoms with Crippen LogP contribution in [-0.4, -0.2) is 23.9 Å². The van der Waals surface area contributed by atoms with Gasteiger partial charge in [-0.2, -0.15) is 5.26 Å². The summed E-state index contributed by atoms with van der Waals surface area (Å²) in [7, 11) is 0. The van der Waals surface area contributed by atoms with Gasteiger partial charge in [-0.25, -0.2) is 0 Å². The number of nitro groups is 1. The molecule has 1 amide bonds. The van der Waals surface area contributed by atoms with E-state index in [0.29, 0.717) is 0 Å². The summed E-state index contributed by atoms with van der Waals surface area (Å²) in [5, 5.41) is 24.6. The highest BCUT2D eigenvalue weighted by atomic mass is 16.6. The molecule has 1 rings (SSSR count). The first-order valence-corrected chi connectivity index (χ1v) is 5.21. The van der Waals surface area contributed by atoms with Crippen molar-refractivity contribution in [2.24, 2.45) is 0 Å². The van der Waals surface area contributed by atoms with Crippen LogP contribution in [0, 0.1) is 33.8 Å². The maximum absolute atomic E-state index is 11.5. The Labute approximate surface area is 109 Å². The molecule has 0 saturated carbocycles. The van der Waals surface area contributed by atoms with Crippen LogP contribution in [0.4, 0.5) is 11.4 Å². The van der Waals surface area contributed by atoms with Crippen LogP contribution >= 0.6 is 0 Å². The maximum Gasteiger partial charge on any atom is 0.270 e. The third kappa shape index (κ3) is 4.11. The van der Waals surface area contributed by atoms with Crippen molar-refractivity contribution < 1.29 is 9.72 Å². The molecule has 0 fully saturated rings. The van der Waals surface area contributed by atoms with E-state index in [1.165, 1.54) is 12.1 Å². The van der Waals surface area contributed by atoms with E-state index in [2.05, 4.69) is 16.6 Å². The van der Waals surface area contributed by atoms with E-state index >= 15 is 0 Å². The zero-order valence-electron chi connectivity index (χ0n) is 9.84. The maximum atomic E-state index is 11.5. The number of amides is 1. The summed E-state index contributed by atoms with van der Waals surface area (Å²) in [5.74, 6) is 1.92. The molecule has 0 saturated heterocycles. The predicted molar refractivity (Wildman–Crippen MR) is 68.1 cm³/mol. The number of anilines is 1. The van der Waals surface area contributed by atoms with E-state index in [1.54, 1.807) is 6.07 Å². The second kappa shape index (κ2) is 6.74. The number of hydrogen-bond donors (Lipinski definition) is 2. The van der Waals surface area contributed by atoms with Gasteiger partial charge in [-0.1, -0.05) is 5.92 Å². The molecule has 0 radical (unpaired) electrons. The van der Waals surface area contributed by atoms with Gasteiger partial charge in [0.1, 0.15) is 6.07 Å². The smallest absolute Gasteiger partial charge is 0.270 e. The number of terminal acetylenes is 1. The summed E-state index contributed by atoms with van der Waals surface area (Å²) < 4.78 is 0. The number of hydrogen-bond acceptors (Lipinski definition) is 5. The average molecular weight is 258 g/mol. The topological polar surface area (TPSA) is 108 Å². The van der Waals surface area contributed by atoms with Crippen LogP contribution in [-0.2, 0) is 4.79 Å². The number of nitrogens with zero attached hydrogens (tertiary/aromatic N) is 2. The minimum atomic E-state index is -0.610. The largest absolute Gasteiger partial charge is 0.324 e. The van der Waals surface area contributed by atoms with Gasteiger partial charge < -0.3 is 5.32 Å². The number of carbonyl (C=O) groups is 1. The zero-order valence-corrected chi connectivity index (χ0v) is 9.84. The molecule has 7 heteroatoms. The fourth-order valence-electron chi connectivity index (χ4n) is 1.29. The van der Waals surface area contributed by atoms with Crippen molar-refractivity contribution in [1.29, 1.82) is 5.26 Å². The molecule has 0 bridgehead atoms. The lowest BCUT2D eigenvalue weighted by atomic mass is 10.1. The van der Waals surface area contributed by atoms with Crippen LogP contribution in [0.15, 0.2) is 18.2 Å². The van der Waals surface area contributed by atoms with E-state index in [9.17, 15) is 14.9 Å². The van der Waals surface area contributed by atoms with Gasteiger partial charge in [0.25, 0.3) is 5.69 Å². The lowest BCUT2D eigenvalue weighted by molar-refractivity contribution is -0.384. The number of nitriles is 1. The van der Waals surface area contributed by atoms with Gasteiger partial charge in [0.2, 0.25) is 5.91 Å². The quantitative estimate of drug-likeness (QED) is 0.348. The van der Waals surface area contributed by atoms with E-state index in [0.717, 1.165) is 6.07 Å². The number of nitrogens with one attached hydrogen (secondary N) is 2. The first kappa shape index (κ1) is 14.2. The van der Waals surface area contributed by atoms with E-state index in [-0.39, 0.29) is 35.9 Å². The van der Waals surface area contributed by atoms with E-state index in [4.69, 9.17) is 11.7 Å². The number of nitro benzene ring substituents is 1. The SMILES string of the molecule is C#CCNCC(=O)Nc1ccc([N+](=O)[O-])cc1C#N. The molecule has 0 spiro atoms. The average Bonchev–Trinajstić information content (AvgIpc) is 2.39. The lowest BCUT2D eigenvalue weighted by Gasteiger charge is -2.06. The highest BCUT2D eigenvalue weighted by Crippen LogP contribution is 2.21. The van der Waals surface area contributed by atoms with Crippen LogP contribution in [0.2, 0.25) is 0 Å². The molecule has 19 heavy (non-hydrogen) atoms. The summed E-state index contributed by atoms with van der Waals surface area (Å²) in [5.41, 5.74) is 0.0418. The second-order valence-electron chi connectivity index (χ2n) is 3.45. The second-order valence-corrected chi connectivity index (χ2v) is 3.45. The molecule has 0 aliphatic rings. The Bertz CT molecular complexity index is 584. The minimum absolute atomic E-state index is 0.00788.